The molecule has 2 amide bonds. The highest BCUT2D eigenvalue weighted by Gasteiger charge is 2.26. The van der Waals surface area contributed by atoms with Gasteiger partial charge in [-0.3, -0.25) is 9.59 Å². The van der Waals surface area contributed by atoms with Gasteiger partial charge in [-0.2, -0.15) is 0 Å². The first-order valence-corrected chi connectivity index (χ1v) is 10.9. The standard InChI is InChI=1S/C23H35N3O2/c1-24(22(27)14-18-26-16-7-3-6-12-23(26)28)21-11-8-15-25(19-21)17-13-20-9-4-2-5-10-20/h2,4-5,9-10,21H,3,6-8,11-19H2,1H3. The summed E-state index contributed by atoms with van der Waals surface area (Å²) < 4.78 is 0. The lowest BCUT2D eigenvalue weighted by Gasteiger charge is -2.38. The summed E-state index contributed by atoms with van der Waals surface area (Å²) in [5, 5.41) is 0. The van der Waals surface area contributed by atoms with Crippen molar-refractivity contribution in [1.82, 2.24) is 14.7 Å². The number of amides is 2. The van der Waals surface area contributed by atoms with Crippen LogP contribution in [0.4, 0.5) is 0 Å². The summed E-state index contributed by atoms with van der Waals surface area (Å²) in [6.07, 6.45) is 7.54. The third kappa shape index (κ3) is 6.06. The van der Waals surface area contributed by atoms with Crippen LogP contribution in [0.3, 0.4) is 0 Å². The van der Waals surface area contributed by atoms with Crippen molar-refractivity contribution in [2.24, 2.45) is 0 Å². The highest BCUT2D eigenvalue weighted by molar-refractivity contribution is 5.79. The van der Waals surface area contributed by atoms with E-state index in [0.29, 0.717) is 19.4 Å². The number of rotatable bonds is 7. The topological polar surface area (TPSA) is 43.9 Å². The molecule has 0 radical (unpaired) electrons. The van der Waals surface area contributed by atoms with Crippen LogP contribution in [-0.2, 0) is 16.0 Å². The summed E-state index contributed by atoms with van der Waals surface area (Å²) >= 11 is 0. The van der Waals surface area contributed by atoms with E-state index >= 15 is 0 Å². The van der Waals surface area contributed by atoms with Crippen LogP contribution in [0.2, 0.25) is 0 Å². The van der Waals surface area contributed by atoms with E-state index in [0.717, 1.165) is 64.7 Å². The van der Waals surface area contributed by atoms with Crippen LogP contribution >= 0.6 is 0 Å². The molecule has 154 valence electrons. The molecule has 1 aromatic carbocycles. The largest absolute Gasteiger partial charge is 0.342 e. The number of nitrogens with zero attached hydrogens (tertiary/aromatic N) is 3. The summed E-state index contributed by atoms with van der Waals surface area (Å²) in [5.41, 5.74) is 1.37. The molecule has 0 aliphatic carbocycles. The SMILES string of the molecule is CN(C(=O)CCN1CCCCCC1=O)C1CCCN(CCc2ccccc2)C1. The first kappa shape index (κ1) is 20.8. The summed E-state index contributed by atoms with van der Waals surface area (Å²) in [5.74, 6) is 0.393. The lowest BCUT2D eigenvalue weighted by molar-refractivity contribution is -0.135. The molecule has 0 spiro atoms. The van der Waals surface area contributed by atoms with E-state index in [9.17, 15) is 9.59 Å². The minimum atomic E-state index is 0.173. The average Bonchev–Trinajstić information content (AvgIpc) is 2.95. The lowest BCUT2D eigenvalue weighted by atomic mass is 10.0. The summed E-state index contributed by atoms with van der Waals surface area (Å²) in [6, 6.07) is 10.9. The van der Waals surface area contributed by atoms with Crippen molar-refractivity contribution in [3.8, 4) is 0 Å². The number of carbonyl (C=O) groups excluding carboxylic acids is 2. The number of carbonyl (C=O) groups is 2. The van der Waals surface area contributed by atoms with E-state index in [4.69, 9.17) is 0 Å². The Balaban J connectivity index is 1.44. The van der Waals surface area contributed by atoms with Gasteiger partial charge in [0.05, 0.1) is 0 Å². The zero-order valence-corrected chi connectivity index (χ0v) is 17.3. The maximum Gasteiger partial charge on any atom is 0.224 e. The molecular weight excluding hydrogens is 350 g/mol. The van der Waals surface area contributed by atoms with Gasteiger partial charge >= 0.3 is 0 Å². The second-order valence-electron chi connectivity index (χ2n) is 8.28. The highest BCUT2D eigenvalue weighted by Crippen LogP contribution is 2.17. The Kier molecular flexibility index (Phi) is 7.90. The number of likely N-dealkylation sites (N-methyl/N-ethyl adjacent to an activating group) is 1. The average molecular weight is 386 g/mol. The predicted octanol–water partition coefficient (Wildman–Crippen LogP) is 2.94. The van der Waals surface area contributed by atoms with E-state index in [-0.39, 0.29) is 17.9 Å². The molecule has 2 heterocycles. The number of hydrogen-bond acceptors (Lipinski definition) is 3. The molecule has 28 heavy (non-hydrogen) atoms. The van der Waals surface area contributed by atoms with Crippen LogP contribution in [0.25, 0.3) is 0 Å². The Hall–Kier alpha value is -1.88. The van der Waals surface area contributed by atoms with Crippen LogP contribution in [0.5, 0.6) is 0 Å². The van der Waals surface area contributed by atoms with E-state index in [2.05, 4.69) is 35.2 Å². The zero-order chi connectivity index (χ0) is 19.8. The van der Waals surface area contributed by atoms with E-state index in [1.807, 2.05) is 16.8 Å². The van der Waals surface area contributed by atoms with Gasteiger partial charge in [-0.05, 0) is 44.2 Å². The fourth-order valence-electron chi connectivity index (χ4n) is 4.37. The first-order chi connectivity index (χ1) is 13.6. The van der Waals surface area contributed by atoms with Crippen molar-refractivity contribution in [3.05, 3.63) is 35.9 Å². The Labute approximate surface area is 169 Å². The van der Waals surface area contributed by atoms with Gasteiger partial charge in [0, 0.05) is 52.1 Å². The summed E-state index contributed by atoms with van der Waals surface area (Å²) in [4.78, 5) is 31.2. The lowest BCUT2D eigenvalue weighted by Crippen LogP contribution is -2.49. The number of benzene rings is 1. The molecule has 1 aromatic rings. The Bertz CT molecular complexity index is 634. The van der Waals surface area contributed by atoms with Gasteiger partial charge in [0.25, 0.3) is 0 Å². The molecule has 2 saturated heterocycles. The smallest absolute Gasteiger partial charge is 0.224 e. The molecule has 2 fully saturated rings. The van der Waals surface area contributed by atoms with Crippen molar-refractivity contribution in [2.45, 2.75) is 57.4 Å². The molecule has 3 rings (SSSR count). The Morgan fingerprint density at radius 2 is 1.89 bits per heavy atom. The maximum absolute atomic E-state index is 12.7. The zero-order valence-electron chi connectivity index (χ0n) is 17.3. The number of likely N-dealkylation sites (tertiary alicyclic amines) is 2. The van der Waals surface area contributed by atoms with Crippen molar-refractivity contribution >= 4 is 11.8 Å². The minimum absolute atomic E-state index is 0.173. The number of piperidine rings is 1. The molecule has 2 aliphatic rings. The Morgan fingerprint density at radius 3 is 2.71 bits per heavy atom. The van der Waals surface area contributed by atoms with E-state index in [1.54, 1.807) is 0 Å². The molecule has 0 N–H and O–H groups in total. The van der Waals surface area contributed by atoms with Crippen molar-refractivity contribution < 1.29 is 9.59 Å². The van der Waals surface area contributed by atoms with Crippen LogP contribution in [0, 0.1) is 0 Å². The fraction of sp³-hybridized carbons (Fsp3) is 0.652. The van der Waals surface area contributed by atoms with Crippen LogP contribution < -0.4 is 0 Å². The van der Waals surface area contributed by atoms with Crippen molar-refractivity contribution in [3.63, 3.8) is 0 Å². The summed E-state index contributed by atoms with van der Waals surface area (Å²) in [7, 11) is 1.94. The number of hydrogen-bond donors (Lipinski definition) is 0. The van der Waals surface area contributed by atoms with E-state index < -0.39 is 0 Å². The van der Waals surface area contributed by atoms with Crippen LogP contribution in [0.15, 0.2) is 30.3 Å². The third-order valence-electron chi connectivity index (χ3n) is 6.25. The van der Waals surface area contributed by atoms with Gasteiger partial charge in [0.1, 0.15) is 0 Å². The van der Waals surface area contributed by atoms with Gasteiger partial charge in [-0.1, -0.05) is 36.8 Å². The Morgan fingerprint density at radius 1 is 1.07 bits per heavy atom. The molecule has 1 atom stereocenters. The van der Waals surface area contributed by atoms with E-state index in [1.165, 1.54) is 5.56 Å². The highest BCUT2D eigenvalue weighted by atomic mass is 16.2. The monoisotopic (exact) mass is 385 g/mol. The van der Waals surface area contributed by atoms with Crippen LogP contribution in [0.1, 0.15) is 50.5 Å². The molecule has 2 aliphatic heterocycles. The van der Waals surface area contributed by atoms with Crippen molar-refractivity contribution in [1.29, 1.82) is 0 Å². The normalized spacial score (nSPS) is 21.4. The second kappa shape index (κ2) is 10.6. The molecule has 5 heteroatoms. The quantitative estimate of drug-likeness (QED) is 0.725. The first-order valence-electron chi connectivity index (χ1n) is 10.9. The predicted molar refractivity (Wildman–Crippen MR) is 112 cm³/mol. The fourth-order valence-corrected chi connectivity index (χ4v) is 4.37. The summed E-state index contributed by atoms with van der Waals surface area (Å²) in [6.45, 7) is 4.51. The van der Waals surface area contributed by atoms with Gasteiger partial charge in [0.15, 0.2) is 0 Å². The molecule has 0 saturated carbocycles. The molecule has 0 aromatic heterocycles. The molecule has 0 bridgehead atoms. The van der Waals surface area contributed by atoms with Gasteiger partial charge < -0.3 is 14.7 Å². The molecule has 5 nitrogen and oxygen atoms in total. The minimum Gasteiger partial charge on any atom is -0.342 e. The maximum atomic E-state index is 12.7. The molecule has 1 unspecified atom stereocenters. The molecular formula is C23H35N3O2. The van der Waals surface area contributed by atoms with Crippen molar-refractivity contribution in [2.75, 3.05) is 39.8 Å². The third-order valence-corrected chi connectivity index (χ3v) is 6.25. The van der Waals surface area contributed by atoms with Gasteiger partial charge in [-0.15, -0.1) is 0 Å². The van der Waals surface area contributed by atoms with Gasteiger partial charge in [0.2, 0.25) is 11.8 Å². The second-order valence-corrected chi connectivity index (χ2v) is 8.28. The van der Waals surface area contributed by atoms with Crippen LogP contribution in [-0.4, -0.2) is 72.3 Å². The van der Waals surface area contributed by atoms with Gasteiger partial charge in [-0.25, -0.2) is 0 Å².